The number of benzene rings is 1. The zero-order valence-corrected chi connectivity index (χ0v) is 24.2. The molecule has 4 rings (SSSR count). The van der Waals surface area contributed by atoms with Gasteiger partial charge in [0, 0.05) is 24.9 Å². The maximum absolute atomic E-state index is 14.7. The fourth-order valence-corrected chi connectivity index (χ4v) is 9.34. The monoisotopic (exact) mass is 559 g/mol. The molecule has 1 aromatic rings. The van der Waals surface area contributed by atoms with Crippen LogP contribution in [0, 0.1) is 17.8 Å². The summed E-state index contributed by atoms with van der Waals surface area (Å²) in [6, 6.07) is 5.70. The molecular formula is C29H38ClN3O4S. The number of hydrogen-bond donors (Lipinski definition) is 1. The minimum atomic E-state index is -0.856. The summed E-state index contributed by atoms with van der Waals surface area (Å²) in [4.78, 5) is 47.7. The van der Waals surface area contributed by atoms with Crippen LogP contribution in [0.3, 0.4) is 0 Å². The third-order valence-corrected chi connectivity index (χ3v) is 10.8. The van der Waals surface area contributed by atoms with Gasteiger partial charge in [-0.25, -0.2) is 0 Å². The number of hydrogen-bond acceptors (Lipinski definition) is 5. The van der Waals surface area contributed by atoms with E-state index in [0.717, 1.165) is 6.42 Å². The lowest BCUT2D eigenvalue weighted by molar-refractivity contribution is -0.146. The van der Waals surface area contributed by atoms with E-state index in [1.165, 1.54) is 0 Å². The minimum Gasteiger partial charge on any atom is -0.394 e. The number of para-hydroxylation sites is 1. The van der Waals surface area contributed by atoms with Gasteiger partial charge in [0.1, 0.15) is 6.04 Å². The smallest absolute Gasteiger partial charge is 0.251 e. The van der Waals surface area contributed by atoms with Gasteiger partial charge in [-0.2, -0.15) is 0 Å². The maximum Gasteiger partial charge on any atom is 0.251 e. The SMILES string of the molecule is C=CCN(C)C(=O)[C@H]1[C@H]2C(=O)N([C@@H](CO)C(C)C)C(C(=O)N(CC=C)c3ccccc3Cl)C23CC[C@]1(C)S3. The first-order valence-corrected chi connectivity index (χ1v) is 14.3. The number of carbonyl (C=O) groups excluding carboxylic acids is 3. The molecule has 3 aliphatic rings. The summed E-state index contributed by atoms with van der Waals surface area (Å²) in [6.45, 7) is 13.8. The molecule has 2 unspecified atom stereocenters. The predicted molar refractivity (Wildman–Crippen MR) is 153 cm³/mol. The number of rotatable bonds is 10. The Labute approximate surface area is 234 Å². The Hall–Kier alpha value is -2.29. The van der Waals surface area contributed by atoms with E-state index in [9.17, 15) is 19.5 Å². The van der Waals surface area contributed by atoms with Gasteiger partial charge >= 0.3 is 0 Å². The number of amides is 3. The molecule has 2 bridgehead atoms. The van der Waals surface area contributed by atoms with Crippen LogP contribution in [0.2, 0.25) is 5.02 Å². The molecule has 7 nitrogen and oxygen atoms in total. The van der Waals surface area contributed by atoms with Crippen molar-refractivity contribution in [3.8, 4) is 0 Å². The lowest BCUT2D eigenvalue weighted by Gasteiger charge is -2.40. The average Bonchev–Trinajstić information content (AvgIpc) is 3.44. The van der Waals surface area contributed by atoms with Gasteiger partial charge in [0.15, 0.2) is 0 Å². The highest BCUT2D eigenvalue weighted by atomic mass is 35.5. The fraction of sp³-hybridized carbons (Fsp3) is 0.552. The van der Waals surface area contributed by atoms with Crippen molar-refractivity contribution in [2.24, 2.45) is 17.8 Å². The van der Waals surface area contributed by atoms with E-state index in [1.54, 1.807) is 63.9 Å². The number of fused-ring (bicyclic) bond motifs is 1. The van der Waals surface area contributed by atoms with Crippen molar-refractivity contribution in [2.45, 2.75) is 55.2 Å². The van der Waals surface area contributed by atoms with Crippen LogP contribution < -0.4 is 4.90 Å². The third-order valence-electron chi connectivity index (χ3n) is 8.53. The molecule has 0 saturated carbocycles. The second-order valence-corrected chi connectivity index (χ2v) is 13.5. The van der Waals surface area contributed by atoms with Gasteiger partial charge in [-0.15, -0.1) is 24.9 Å². The molecule has 0 aliphatic carbocycles. The molecule has 1 spiro atoms. The van der Waals surface area contributed by atoms with Crippen LogP contribution in [-0.2, 0) is 14.4 Å². The van der Waals surface area contributed by atoms with E-state index in [-0.39, 0.29) is 36.8 Å². The van der Waals surface area contributed by atoms with Gasteiger partial charge in [-0.1, -0.05) is 49.7 Å². The number of aliphatic hydroxyl groups excluding tert-OH is 1. The van der Waals surface area contributed by atoms with Crippen LogP contribution in [0.5, 0.6) is 0 Å². The predicted octanol–water partition coefficient (Wildman–Crippen LogP) is 4.00. The summed E-state index contributed by atoms with van der Waals surface area (Å²) in [7, 11) is 1.73. The third kappa shape index (κ3) is 4.29. The normalized spacial score (nSPS) is 30.3. The molecule has 0 aromatic heterocycles. The van der Waals surface area contributed by atoms with Gasteiger partial charge in [-0.3, -0.25) is 14.4 Å². The number of thioether (sulfide) groups is 1. The summed E-state index contributed by atoms with van der Waals surface area (Å²) in [5.74, 6) is -1.93. The fourth-order valence-electron chi connectivity index (χ4n) is 6.77. The molecule has 1 aromatic carbocycles. The Bertz CT molecular complexity index is 1140. The summed E-state index contributed by atoms with van der Waals surface area (Å²) in [6.07, 6.45) is 4.66. The van der Waals surface area contributed by atoms with Crippen molar-refractivity contribution in [3.05, 3.63) is 54.6 Å². The molecule has 3 amide bonds. The molecule has 38 heavy (non-hydrogen) atoms. The topological polar surface area (TPSA) is 81.2 Å². The van der Waals surface area contributed by atoms with Gasteiger partial charge < -0.3 is 19.8 Å². The lowest BCUT2D eigenvalue weighted by atomic mass is 9.66. The Morgan fingerprint density at radius 3 is 2.45 bits per heavy atom. The Morgan fingerprint density at radius 2 is 1.87 bits per heavy atom. The number of anilines is 1. The van der Waals surface area contributed by atoms with Crippen molar-refractivity contribution in [1.82, 2.24) is 9.80 Å². The van der Waals surface area contributed by atoms with Crippen molar-refractivity contribution in [2.75, 3.05) is 31.6 Å². The quantitative estimate of drug-likeness (QED) is 0.438. The zero-order chi connectivity index (χ0) is 28.0. The van der Waals surface area contributed by atoms with Gasteiger partial charge in [0.05, 0.1) is 39.9 Å². The summed E-state index contributed by atoms with van der Waals surface area (Å²) < 4.78 is -1.26. The minimum absolute atomic E-state index is 0.0991. The highest BCUT2D eigenvalue weighted by molar-refractivity contribution is 8.02. The molecule has 9 heteroatoms. The first kappa shape index (κ1) is 28.7. The lowest BCUT2D eigenvalue weighted by Crippen LogP contribution is -2.58. The Morgan fingerprint density at radius 1 is 1.21 bits per heavy atom. The van der Waals surface area contributed by atoms with Crippen LogP contribution >= 0.6 is 23.4 Å². The summed E-state index contributed by atoms with van der Waals surface area (Å²) in [5.41, 5.74) is 0.540. The number of carbonyl (C=O) groups is 3. The van der Waals surface area contributed by atoms with Gasteiger partial charge in [0.25, 0.3) is 5.91 Å². The highest BCUT2D eigenvalue weighted by Crippen LogP contribution is 2.72. The molecular weight excluding hydrogens is 522 g/mol. The molecule has 206 valence electrons. The zero-order valence-electron chi connectivity index (χ0n) is 22.6. The first-order valence-electron chi connectivity index (χ1n) is 13.1. The van der Waals surface area contributed by atoms with E-state index in [1.807, 2.05) is 19.9 Å². The number of nitrogens with zero attached hydrogens (tertiary/aromatic N) is 3. The summed E-state index contributed by atoms with van der Waals surface area (Å²) in [5, 5.41) is 10.9. The molecule has 6 atom stereocenters. The Kier molecular flexibility index (Phi) is 8.09. The van der Waals surface area contributed by atoms with Crippen molar-refractivity contribution in [1.29, 1.82) is 0 Å². The van der Waals surface area contributed by atoms with Crippen molar-refractivity contribution < 1.29 is 19.5 Å². The van der Waals surface area contributed by atoms with E-state index in [2.05, 4.69) is 20.1 Å². The van der Waals surface area contributed by atoms with Crippen LogP contribution in [0.25, 0.3) is 0 Å². The Balaban J connectivity index is 1.88. The standard InChI is InChI=1S/C29H38ClN3O4S/c1-7-15-31(6)25(35)22-23-26(36)33(21(17-34)18(3)4)24(29(23)14-13-28(22,5)38-29)27(37)32(16-8-2)20-12-10-9-11-19(20)30/h7-12,18,21-24,34H,1-2,13-17H2,3-6H3/t21-,22+,23-,24?,28-,29?/m0/s1. The molecule has 3 fully saturated rings. The number of halogens is 1. The van der Waals surface area contributed by atoms with Gasteiger partial charge in [-0.05, 0) is 37.8 Å². The second kappa shape index (κ2) is 10.7. The molecule has 3 aliphatic heterocycles. The van der Waals surface area contributed by atoms with Crippen molar-refractivity contribution >= 4 is 46.8 Å². The molecule has 3 saturated heterocycles. The highest BCUT2D eigenvalue weighted by Gasteiger charge is 2.78. The summed E-state index contributed by atoms with van der Waals surface area (Å²) >= 11 is 8.16. The van der Waals surface area contributed by atoms with Gasteiger partial charge in [0.2, 0.25) is 11.8 Å². The number of aliphatic hydroxyl groups is 1. The number of likely N-dealkylation sites (N-methyl/N-ethyl adjacent to an activating group) is 1. The molecule has 0 radical (unpaired) electrons. The van der Waals surface area contributed by atoms with Crippen LogP contribution in [0.4, 0.5) is 5.69 Å². The van der Waals surface area contributed by atoms with Crippen LogP contribution in [0.15, 0.2) is 49.6 Å². The number of likely N-dealkylation sites (tertiary alicyclic amines) is 1. The van der Waals surface area contributed by atoms with Crippen LogP contribution in [-0.4, -0.2) is 80.9 Å². The molecule has 3 heterocycles. The van der Waals surface area contributed by atoms with E-state index >= 15 is 0 Å². The van der Waals surface area contributed by atoms with E-state index < -0.39 is 33.4 Å². The maximum atomic E-state index is 14.7. The van der Waals surface area contributed by atoms with E-state index in [4.69, 9.17) is 11.6 Å². The van der Waals surface area contributed by atoms with E-state index in [0.29, 0.717) is 23.7 Å². The van der Waals surface area contributed by atoms with Crippen molar-refractivity contribution in [3.63, 3.8) is 0 Å². The van der Waals surface area contributed by atoms with Crippen LogP contribution in [0.1, 0.15) is 33.6 Å². The molecule has 1 N–H and O–H groups in total. The second-order valence-electron chi connectivity index (χ2n) is 11.2. The first-order chi connectivity index (χ1) is 18.0. The largest absolute Gasteiger partial charge is 0.394 e. The average molecular weight is 560 g/mol.